The Morgan fingerprint density at radius 1 is 0.633 bits per heavy atom. The Morgan fingerprint density at radius 3 is 1.27 bits per heavy atom. The number of aryl methyl sites for hydroxylation is 4. The fourth-order valence-electron chi connectivity index (χ4n) is 2.42. The van der Waals surface area contributed by atoms with Gasteiger partial charge in [0.1, 0.15) is 0 Å². The van der Waals surface area contributed by atoms with Gasteiger partial charge >= 0.3 is 23.9 Å². The second kappa shape index (κ2) is 9.43. The highest BCUT2D eigenvalue weighted by Gasteiger charge is 2.35. The maximum Gasteiger partial charge on any atom is 0.346 e. The van der Waals surface area contributed by atoms with E-state index < -0.39 is 36.1 Å². The van der Waals surface area contributed by atoms with E-state index in [0.29, 0.717) is 0 Å². The van der Waals surface area contributed by atoms with Crippen molar-refractivity contribution in [1.82, 2.24) is 0 Å². The molecule has 0 spiro atoms. The predicted molar refractivity (Wildman–Crippen MR) is 105 cm³/mol. The molecule has 2 rings (SSSR count). The van der Waals surface area contributed by atoms with Crippen molar-refractivity contribution >= 4 is 23.9 Å². The molecule has 0 heterocycles. The summed E-state index contributed by atoms with van der Waals surface area (Å²) in [5.41, 5.74) is 3.52. The number of esters is 4. The molecule has 2 atom stereocenters. The lowest BCUT2D eigenvalue weighted by Gasteiger charge is -2.15. The van der Waals surface area contributed by atoms with Gasteiger partial charge in [0.15, 0.2) is 12.2 Å². The summed E-state index contributed by atoms with van der Waals surface area (Å²) in [7, 11) is 0. The second-order valence-electron chi connectivity index (χ2n) is 6.90. The molecule has 0 saturated carbocycles. The van der Waals surface area contributed by atoms with Crippen LogP contribution in [0.25, 0.3) is 0 Å². The summed E-state index contributed by atoms with van der Waals surface area (Å²) in [5.74, 6) is -5.23. The second-order valence-corrected chi connectivity index (χ2v) is 6.90. The van der Waals surface area contributed by atoms with Gasteiger partial charge in [0.2, 0.25) is 0 Å². The van der Waals surface area contributed by atoms with E-state index in [1.807, 2.05) is 13.8 Å². The first kappa shape index (κ1) is 22.9. The number of benzene rings is 2. The minimum atomic E-state index is -2.42. The lowest BCUT2D eigenvalue weighted by Crippen LogP contribution is -2.43. The zero-order valence-corrected chi connectivity index (χ0v) is 17.0. The van der Waals surface area contributed by atoms with Crippen molar-refractivity contribution in [3.05, 3.63) is 69.8 Å². The van der Waals surface area contributed by atoms with Gasteiger partial charge in [0.25, 0.3) is 0 Å². The Balaban J connectivity index is 1.99. The van der Waals surface area contributed by atoms with Crippen LogP contribution in [0.2, 0.25) is 0 Å². The summed E-state index contributed by atoms with van der Waals surface area (Å²) >= 11 is 0. The topological polar surface area (TPSA) is 127 Å². The van der Waals surface area contributed by atoms with Gasteiger partial charge in [-0.3, -0.25) is 0 Å². The molecular formula is C22H22O8. The van der Waals surface area contributed by atoms with Crippen molar-refractivity contribution in [2.24, 2.45) is 0 Å². The predicted octanol–water partition coefficient (Wildman–Crippen LogP) is 1.71. The molecule has 158 valence electrons. The van der Waals surface area contributed by atoms with Crippen molar-refractivity contribution in [1.29, 1.82) is 0 Å². The van der Waals surface area contributed by atoms with E-state index in [9.17, 15) is 29.4 Å². The zero-order chi connectivity index (χ0) is 22.6. The highest BCUT2D eigenvalue weighted by molar-refractivity contribution is 6.01. The molecule has 0 aliphatic heterocycles. The number of hydrogen-bond acceptors (Lipinski definition) is 8. The van der Waals surface area contributed by atoms with E-state index in [2.05, 4.69) is 9.47 Å². The van der Waals surface area contributed by atoms with Crippen molar-refractivity contribution in [2.45, 2.75) is 39.9 Å². The molecule has 2 aromatic carbocycles. The van der Waals surface area contributed by atoms with Crippen molar-refractivity contribution in [3.8, 4) is 0 Å². The van der Waals surface area contributed by atoms with Gasteiger partial charge in [-0.2, -0.15) is 0 Å². The molecule has 0 fully saturated rings. The number of aliphatic hydroxyl groups is 2. The standard InChI is InChI=1S/C22H22O8/c1-11-5-7-15(9-13(11)3)19(25)29-21(27)17(23)18(24)22(28)30-20(26)16-8-6-12(2)14(4)10-16/h5-10,17-18,23-24H,1-4H3/t17-,18-/m1/s1. The van der Waals surface area contributed by atoms with Crippen LogP contribution in [0.5, 0.6) is 0 Å². The van der Waals surface area contributed by atoms with Gasteiger partial charge in [-0.1, -0.05) is 12.1 Å². The zero-order valence-electron chi connectivity index (χ0n) is 17.0. The van der Waals surface area contributed by atoms with Crippen LogP contribution in [-0.2, 0) is 19.1 Å². The molecule has 0 amide bonds. The highest BCUT2D eigenvalue weighted by Crippen LogP contribution is 2.13. The van der Waals surface area contributed by atoms with E-state index in [-0.39, 0.29) is 11.1 Å². The number of aliphatic hydroxyl groups excluding tert-OH is 2. The number of rotatable bonds is 5. The quantitative estimate of drug-likeness (QED) is 0.559. The molecule has 8 heteroatoms. The first-order valence-corrected chi connectivity index (χ1v) is 9.04. The molecule has 8 nitrogen and oxygen atoms in total. The van der Waals surface area contributed by atoms with E-state index in [4.69, 9.17) is 0 Å². The highest BCUT2D eigenvalue weighted by atomic mass is 16.6. The van der Waals surface area contributed by atoms with Gasteiger partial charge in [0.05, 0.1) is 11.1 Å². The third kappa shape index (κ3) is 5.37. The van der Waals surface area contributed by atoms with Crippen molar-refractivity contribution in [2.75, 3.05) is 0 Å². The molecule has 0 aromatic heterocycles. The lowest BCUT2D eigenvalue weighted by molar-refractivity contribution is -0.166. The van der Waals surface area contributed by atoms with Crippen LogP contribution in [0.4, 0.5) is 0 Å². The van der Waals surface area contributed by atoms with Crippen molar-refractivity contribution in [3.63, 3.8) is 0 Å². The summed E-state index contributed by atoms with van der Waals surface area (Å²) in [6.45, 7) is 7.19. The fraction of sp³-hybridized carbons (Fsp3) is 0.273. The molecule has 0 aliphatic rings. The smallest absolute Gasteiger partial charge is 0.346 e. The van der Waals surface area contributed by atoms with E-state index in [1.54, 1.807) is 26.0 Å². The van der Waals surface area contributed by atoms with Crippen molar-refractivity contribution < 1.29 is 38.9 Å². The normalized spacial score (nSPS) is 12.6. The summed E-state index contributed by atoms with van der Waals surface area (Å²) in [5, 5.41) is 19.7. The lowest BCUT2D eigenvalue weighted by atomic mass is 10.1. The number of carbonyl (C=O) groups excluding carboxylic acids is 4. The van der Waals surface area contributed by atoms with Crippen LogP contribution < -0.4 is 0 Å². The Morgan fingerprint density at radius 2 is 0.967 bits per heavy atom. The molecule has 2 aromatic rings. The minimum Gasteiger partial charge on any atom is -0.387 e. The Bertz CT molecular complexity index is 927. The van der Waals surface area contributed by atoms with Gasteiger partial charge < -0.3 is 19.7 Å². The van der Waals surface area contributed by atoms with Crippen LogP contribution in [-0.4, -0.2) is 46.3 Å². The maximum absolute atomic E-state index is 12.0. The molecule has 0 radical (unpaired) electrons. The molecular weight excluding hydrogens is 392 g/mol. The first-order chi connectivity index (χ1) is 14.0. The van der Waals surface area contributed by atoms with Crippen LogP contribution in [0.3, 0.4) is 0 Å². The van der Waals surface area contributed by atoms with Gasteiger partial charge in [0, 0.05) is 0 Å². The third-order valence-electron chi connectivity index (χ3n) is 4.65. The van der Waals surface area contributed by atoms with E-state index in [0.717, 1.165) is 22.3 Å². The average Bonchev–Trinajstić information content (AvgIpc) is 2.70. The van der Waals surface area contributed by atoms with E-state index in [1.165, 1.54) is 24.3 Å². The monoisotopic (exact) mass is 414 g/mol. The van der Waals surface area contributed by atoms with Gasteiger partial charge in [-0.25, -0.2) is 19.2 Å². The third-order valence-corrected chi connectivity index (χ3v) is 4.65. The summed E-state index contributed by atoms with van der Waals surface area (Å²) in [4.78, 5) is 47.9. The summed E-state index contributed by atoms with van der Waals surface area (Å²) in [6.07, 6.45) is -4.83. The van der Waals surface area contributed by atoms with Crippen LogP contribution in [0.15, 0.2) is 36.4 Å². The maximum atomic E-state index is 12.0. The van der Waals surface area contributed by atoms with Gasteiger partial charge in [-0.05, 0) is 74.2 Å². The van der Waals surface area contributed by atoms with Crippen LogP contribution in [0, 0.1) is 27.7 Å². The minimum absolute atomic E-state index is 0.0561. The first-order valence-electron chi connectivity index (χ1n) is 9.04. The number of carbonyl (C=O) groups is 4. The molecule has 0 unspecified atom stereocenters. The number of ether oxygens (including phenoxy) is 2. The summed E-state index contributed by atoms with van der Waals surface area (Å²) < 4.78 is 9.00. The van der Waals surface area contributed by atoms with Crippen LogP contribution >= 0.6 is 0 Å². The average molecular weight is 414 g/mol. The fourth-order valence-corrected chi connectivity index (χ4v) is 2.42. The number of hydrogen-bond donors (Lipinski definition) is 2. The Hall–Kier alpha value is -3.36. The molecule has 0 saturated heterocycles. The summed E-state index contributed by atoms with van der Waals surface area (Å²) in [6, 6.07) is 9.14. The van der Waals surface area contributed by atoms with E-state index >= 15 is 0 Å². The molecule has 2 N–H and O–H groups in total. The molecule has 30 heavy (non-hydrogen) atoms. The Labute approximate surface area is 173 Å². The molecule has 0 bridgehead atoms. The SMILES string of the molecule is Cc1ccc(C(=O)OC(=O)[C@H](O)[C@@H](O)C(=O)OC(=O)c2ccc(C)c(C)c2)cc1C. The van der Waals surface area contributed by atoms with Crippen LogP contribution in [0.1, 0.15) is 43.0 Å². The molecule has 0 aliphatic carbocycles. The van der Waals surface area contributed by atoms with Gasteiger partial charge in [-0.15, -0.1) is 0 Å². The Kier molecular flexibility index (Phi) is 7.20. The largest absolute Gasteiger partial charge is 0.387 e.